The van der Waals surface area contributed by atoms with Gasteiger partial charge >= 0.3 is 0 Å². The Morgan fingerprint density at radius 1 is 1.00 bits per heavy atom. The van der Waals surface area contributed by atoms with Crippen molar-refractivity contribution in [2.75, 3.05) is 7.11 Å². The summed E-state index contributed by atoms with van der Waals surface area (Å²) in [5.41, 5.74) is 0.424. The van der Waals surface area contributed by atoms with Crippen molar-refractivity contribution in [3.63, 3.8) is 0 Å². The first kappa shape index (κ1) is 21.0. The van der Waals surface area contributed by atoms with Crippen molar-refractivity contribution in [1.29, 1.82) is 0 Å². The summed E-state index contributed by atoms with van der Waals surface area (Å²) in [7, 11) is 1.73. The molecule has 1 aliphatic heterocycles. The molecule has 0 radical (unpaired) electrons. The lowest BCUT2D eigenvalue weighted by atomic mass is 9.69. The van der Waals surface area contributed by atoms with E-state index in [9.17, 15) is 0 Å². The van der Waals surface area contributed by atoms with E-state index >= 15 is 0 Å². The average Bonchev–Trinajstić information content (AvgIpc) is 3.44. The molecule has 5 rings (SSSR count). The molecule has 1 aromatic heterocycles. The molecule has 8 heteroatoms. The molecule has 3 aromatic rings. The number of halogens is 1. The van der Waals surface area contributed by atoms with Crippen molar-refractivity contribution < 1.29 is 14.3 Å². The molecule has 0 saturated heterocycles. The van der Waals surface area contributed by atoms with Crippen molar-refractivity contribution in [3.8, 4) is 11.5 Å². The zero-order chi connectivity index (χ0) is 22.0. The molecule has 1 unspecified atom stereocenters. The molecule has 1 atom stereocenters. The Morgan fingerprint density at radius 2 is 1.69 bits per heavy atom. The Morgan fingerprint density at radius 3 is 2.31 bits per heavy atom. The van der Waals surface area contributed by atoms with Gasteiger partial charge in [0.2, 0.25) is 0 Å². The van der Waals surface area contributed by atoms with Crippen LogP contribution in [0, 0.1) is 0 Å². The number of hydrogen-bond acceptors (Lipinski definition) is 6. The first-order valence-electron chi connectivity index (χ1n) is 10.8. The third-order valence-electron chi connectivity index (χ3n) is 6.47. The highest BCUT2D eigenvalue weighted by atomic mass is 35.5. The highest BCUT2D eigenvalue weighted by Gasteiger charge is 2.62. The minimum atomic E-state index is -0.764. The van der Waals surface area contributed by atoms with Crippen LogP contribution in [0.25, 0.3) is 0 Å². The van der Waals surface area contributed by atoms with Gasteiger partial charge in [-0.1, -0.05) is 23.2 Å². The number of aromatic nitrogens is 3. The molecule has 0 bridgehead atoms. The Bertz CT molecular complexity index is 1080. The van der Waals surface area contributed by atoms with Crippen molar-refractivity contribution >= 4 is 17.3 Å². The van der Waals surface area contributed by atoms with E-state index in [4.69, 9.17) is 25.9 Å². The van der Waals surface area contributed by atoms with E-state index in [1.807, 2.05) is 36.4 Å². The monoisotopic (exact) mass is 452 g/mol. The summed E-state index contributed by atoms with van der Waals surface area (Å²) >= 11 is 5.96. The summed E-state index contributed by atoms with van der Waals surface area (Å²) in [5, 5.41) is 9.59. The minimum Gasteiger partial charge on any atom is -0.457 e. The number of nitrogens with zero attached hydrogens (tertiary/aromatic N) is 4. The first-order chi connectivity index (χ1) is 15.6. The number of rotatable bonds is 6. The van der Waals surface area contributed by atoms with E-state index in [0.29, 0.717) is 11.6 Å². The third kappa shape index (κ3) is 3.65. The van der Waals surface area contributed by atoms with Gasteiger partial charge < -0.3 is 14.3 Å². The number of benzene rings is 2. The van der Waals surface area contributed by atoms with Crippen molar-refractivity contribution in [1.82, 2.24) is 14.8 Å². The van der Waals surface area contributed by atoms with Crippen LogP contribution in [0.4, 0.5) is 0 Å². The fourth-order valence-corrected chi connectivity index (χ4v) is 4.95. The van der Waals surface area contributed by atoms with E-state index in [0.717, 1.165) is 48.5 Å². The fraction of sp³-hybridized carbons (Fsp3) is 0.375. The van der Waals surface area contributed by atoms with Crippen LogP contribution in [0.5, 0.6) is 11.5 Å². The molecule has 7 nitrogen and oxygen atoms in total. The smallest absolute Gasteiger partial charge is 0.175 e. The van der Waals surface area contributed by atoms with Gasteiger partial charge in [-0.3, -0.25) is 0 Å². The predicted molar refractivity (Wildman–Crippen MR) is 121 cm³/mol. The van der Waals surface area contributed by atoms with Crippen LogP contribution in [0.15, 0.2) is 66.3 Å². The molecular formula is C24H25ClN4O3. The number of ether oxygens (including phenoxy) is 2. The Labute approximate surface area is 192 Å². The maximum Gasteiger partial charge on any atom is 0.175 e. The van der Waals surface area contributed by atoms with E-state index < -0.39 is 11.2 Å². The summed E-state index contributed by atoms with van der Waals surface area (Å²) in [6, 6.07) is 15.1. The lowest BCUT2D eigenvalue weighted by Crippen LogP contribution is -2.61. The van der Waals surface area contributed by atoms with Gasteiger partial charge in [-0.15, -0.1) is 0 Å². The van der Waals surface area contributed by atoms with E-state index in [1.54, 1.807) is 30.3 Å². The zero-order valence-corrected chi connectivity index (χ0v) is 18.7. The molecule has 0 N–H and O–H groups in total. The molecule has 1 fully saturated rings. The summed E-state index contributed by atoms with van der Waals surface area (Å²) in [6.07, 6.45) is 8.38. The molecule has 166 valence electrons. The molecular weight excluding hydrogens is 428 g/mol. The van der Waals surface area contributed by atoms with Gasteiger partial charge in [0, 0.05) is 17.7 Å². The van der Waals surface area contributed by atoms with E-state index in [1.165, 1.54) is 12.7 Å². The van der Waals surface area contributed by atoms with Crippen LogP contribution < -0.4 is 4.74 Å². The van der Waals surface area contributed by atoms with Crippen molar-refractivity contribution in [2.24, 2.45) is 5.16 Å². The van der Waals surface area contributed by atoms with Crippen molar-refractivity contribution in [2.45, 2.75) is 49.9 Å². The molecule has 2 heterocycles. The second-order valence-corrected chi connectivity index (χ2v) is 8.73. The second kappa shape index (κ2) is 8.56. The second-order valence-electron chi connectivity index (χ2n) is 8.29. The predicted octanol–water partition coefficient (Wildman–Crippen LogP) is 5.25. The standard InChI is InChI=1S/C24H25ClN4O3/c1-30-24(15-29-17-26-16-27-29)22(28-32-23(24)13-3-2-4-14-23)18-5-9-20(10-6-18)31-21-11-7-19(25)8-12-21/h5-12,16-17H,2-4,13-15H2,1H3. The quantitative estimate of drug-likeness (QED) is 0.511. The van der Waals surface area contributed by atoms with Crippen LogP contribution in [0.1, 0.15) is 37.7 Å². The maximum absolute atomic E-state index is 6.28. The lowest BCUT2D eigenvalue weighted by molar-refractivity contribution is -0.164. The van der Waals surface area contributed by atoms with Crippen LogP contribution >= 0.6 is 11.6 Å². The number of oxime groups is 1. The van der Waals surface area contributed by atoms with Gasteiger partial charge in [0.05, 0.1) is 6.54 Å². The van der Waals surface area contributed by atoms with Crippen LogP contribution in [0.3, 0.4) is 0 Å². The van der Waals surface area contributed by atoms with Crippen LogP contribution in [-0.2, 0) is 16.1 Å². The Balaban J connectivity index is 1.46. The number of methoxy groups -OCH3 is 1. The van der Waals surface area contributed by atoms with E-state index in [-0.39, 0.29) is 0 Å². The van der Waals surface area contributed by atoms with Gasteiger partial charge in [0.15, 0.2) is 11.2 Å². The lowest BCUT2D eigenvalue weighted by Gasteiger charge is -2.44. The molecule has 1 aliphatic carbocycles. The zero-order valence-electron chi connectivity index (χ0n) is 17.9. The first-order valence-corrected chi connectivity index (χ1v) is 11.2. The SMILES string of the molecule is COC1(Cn2cncn2)C(c2ccc(Oc3ccc(Cl)cc3)cc2)=NOC12CCCCC2. The van der Waals surface area contributed by atoms with Gasteiger partial charge in [0.25, 0.3) is 0 Å². The summed E-state index contributed by atoms with van der Waals surface area (Å²) in [5.74, 6) is 1.45. The summed E-state index contributed by atoms with van der Waals surface area (Å²) in [4.78, 5) is 10.3. The molecule has 2 aromatic carbocycles. The maximum atomic E-state index is 6.28. The third-order valence-corrected chi connectivity index (χ3v) is 6.72. The molecule has 32 heavy (non-hydrogen) atoms. The van der Waals surface area contributed by atoms with Crippen LogP contribution in [0.2, 0.25) is 5.02 Å². The topological polar surface area (TPSA) is 70.8 Å². The summed E-state index contributed by atoms with van der Waals surface area (Å²) in [6.45, 7) is 0.478. The summed E-state index contributed by atoms with van der Waals surface area (Å²) < 4.78 is 14.0. The number of hydrogen-bond donors (Lipinski definition) is 0. The van der Waals surface area contributed by atoms with E-state index in [2.05, 4.69) is 15.2 Å². The molecule has 0 amide bonds. The molecule has 1 spiro atoms. The van der Waals surface area contributed by atoms with Gasteiger partial charge in [-0.05, 0) is 74.2 Å². The normalized spacial score (nSPS) is 21.9. The fourth-order valence-electron chi connectivity index (χ4n) is 4.83. The van der Waals surface area contributed by atoms with Gasteiger partial charge in [0.1, 0.15) is 29.9 Å². The highest BCUT2D eigenvalue weighted by Crippen LogP contribution is 2.48. The Kier molecular flexibility index (Phi) is 5.61. The van der Waals surface area contributed by atoms with Gasteiger partial charge in [-0.25, -0.2) is 9.67 Å². The molecule has 1 saturated carbocycles. The minimum absolute atomic E-state index is 0.478. The van der Waals surface area contributed by atoms with Gasteiger partial charge in [-0.2, -0.15) is 5.10 Å². The average molecular weight is 453 g/mol. The Hall–Kier alpha value is -2.90. The highest BCUT2D eigenvalue weighted by molar-refractivity contribution is 6.30. The largest absolute Gasteiger partial charge is 0.457 e. The van der Waals surface area contributed by atoms with Crippen molar-refractivity contribution in [3.05, 3.63) is 71.8 Å². The molecule has 2 aliphatic rings. The van der Waals surface area contributed by atoms with Crippen LogP contribution in [-0.4, -0.2) is 38.8 Å².